The quantitative estimate of drug-likeness (QED) is 0.406. The second-order valence-corrected chi connectivity index (χ2v) is 7.51. The van der Waals surface area contributed by atoms with Crippen molar-refractivity contribution in [1.29, 1.82) is 0 Å². The Kier molecular flexibility index (Phi) is 6.46. The number of rotatable bonds is 5. The van der Waals surface area contributed by atoms with E-state index in [1.807, 2.05) is 6.08 Å². The molecule has 4 N–H and O–H groups in total. The molecule has 0 radical (unpaired) electrons. The summed E-state index contributed by atoms with van der Waals surface area (Å²) in [4.78, 5) is 38.5. The summed E-state index contributed by atoms with van der Waals surface area (Å²) in [6.07, 6.45) is 7.10. The van der Waals surface area contributed by atoms with Gasteiger partial charge >= 0.3 is 5.97 Å². The average molecular weight is 385 g/mol. The molecule has 28 heavy (non-hydrogen) atoms. The number of hydrogen-bond acceptors (Lipinski definition) is 5. The largest absolute Gasteiger partial charge is 0.478 e. The van der Waals surface area contributed by atoms with Gasteiger partial charge in [-0.15, -0.1) is 0 Å². The zero-order chi connectivity index (χ0) is 20.1. The van der Waals surface area contributed by atoms with E-state index < -0.39 is 5.97 Å². The van der Waals surface area contributed by atoms with E-state index in [9.17, 15) is 19.5 Å². The molecule has 1 aromatic rings. The first-order valence-corrected chi connectivity index (χ1v) is 9.81. The van der Waals surface area contributed by atoms with Crippen LogP contribution in [0.25, 0.3) is 0 Å². The number of carbonyl (C=O) groups is 3. The van der Waals surface area contributed by atoms with Crippen LogP contribution in [0.2, 0.25) is 0 Å². The number of nitrogens with two attached hydrogens (primary N) is 1. The zero-order valence-corrected chi connectivity index (χ0v) is 15.9. The van der Waals surface area contributed by atoms with Crippen molar-refractivity contribution >= 4 is 23.3 Å². The first-order chi connectivity index (χ1) is 13.5. The van der Waals surface area contributed by atoms with Gasteiger partial charge in [-0.25, -0.2) is 4.79 Å². The number of para-hydroxylation sites is 1. The van der Waals surface area contributed by atoms with Crippen LogP contribution in [-0.4, -0.2) is 53.8 Å². The normalized spacial score (nSPS) is 21.0. The molecule has 150 valence electrons. The molecule has 1 aromatic carbocycles. The molecule has 1 atom stereocenters. The molecule has 1 amide bonds. The van der Waals surface area contributed by atoms with Crippen molar-refractivity contribution in [2.75, 3.05) is 31.9 Å². The van der Waals surface area contributed by atoms with Crippen molar-refractivity contribution in [2.45, 2.75) is 25.7 Å². The predicted octanol–water partition coefficient (Wildman–Crippen LogP) is 1.94. The summed E-state index contributed by atoms with van der Waals surface area (Å²) in [6.45, 7) is 2.91. The number of nitrogen functional groups attached to an aromatic ring is 1. The number of nitrogens with zero attached hydrogens (tertiary/aromatic N) is 1. The van der Waals surface area contributed by atoms with Crippen LogP contribution >= 0.6 is 0 Å². The van der Waals surface area contributed by atoms with Crippen LogP contribution < -0.4 is 11.1 Å². The molecule has 7 nitrogen and oxygen atoms in total. The number of aromatic carboxylic acids is 1. The van der Waals surface area contributed by atoms with Gasteiger partial charge < -0.3 is 21.1 Å². The number of likely N-dealkylation sites (tertiary alicyclic amines) is 1. The van der Waals surface area contributed by atoms with Gasteiger partial charge in [-0.2, -0.15) is 0 Å². The molecule has 2 heterocycles. The van der Waals surface area contributed by atoms with Gasteiger partial charge in [0.05, 0.1) is 11.3 Å². The lowest BCUT2D eigenvalue weighted by Gasteiger charge is -2.31. The molecular formula is C21H27N3O4. The number of benzene rings is 1. The number of Topliss-reactive ketones (excluding diaryl/α,β-unsaturated/α-hetero) is 1. The standard InChI is InChI=1S/C21H27N3O4/c22-19-16(4-1-5-17(19)21(27)28)20(26)15-3-2-12-24(13-15)18(25)7-6-14-8-10-23-11-9-14/h1,4-7,14-15,23H,2-3,8-13,22H2,(H,27,28). The Morgan fingerprint density at radius 1 is 1.14 bits per heavy atom. The highest BCUT2D eigenvalue weighted by Crippen LogP contribution is 2.26. The topological polar surface area (TPSA) is 113 Å². The van der Waals surface area contributed by atoms with Gasteiger partial charge in [0.25, 0.3) is 0 Å². The van der Waals surface area contributed by atoms with Crippen molar-refractivity contribution in [1.82, 2.24) is 10.2 Å². The minimum atomic E-state index is -1.16. The lowest BCUT2D eigenvalue weighted by atomic mass is 9.88. The van der Waals surface area contributed by atoms with Crippen LogP contribution in [0, 0.1) is 11.8 Å². The van der Waals surface area contributed by atoms with Crippen LogP contribution in [0.4, 0.5) is 5.69 Å². The first-order valence-electron chi connectivity index (χ1n) is 9.81. The van der Waals surface area contributed by atoms with Crippen LogP contribution in [0.5, 0.6) is 0 Å². The summed E-state index contributed by atoms with van der Waals surface area (Å²) in [5, 5.41) is 12.5. The van der Waals surface area contributed by atoms with Crippen molar-refractivity contribution < 1.29 is 19.5 Å². The smallest absolute Gasteiger partial charge is 0.337 e. The highest BCUT2D eigenvalue weighted by molar-refractivity contribution is 6.07. The molecule has 3 rings (SSSR count). The summed E-state index contributed by atoms with van der Waals surface area (Å²) in [5.41, 5.74) is 6.07. The monoisotopic (exact) mass is 385 g/mol. The van der Waals surface area contributed by atoms with Crippen LogP contribution in [0.3, 0.4) is 0 Å². The van der Waals surface area contributed by atoms with E-state index >= 15 is 0 Å². The number of anilines is 1. The molecule has 0 saturated carbocycles. The number of nitrogens with one attached hydrogen (secondary N) is 1. The van der Waals surface area contributed by atoms with Gasteiger partial charge in [0.2, 0.25) is 5.91 Å². The SMILES string of the molecule is Nc1c(C(=O)O)cccc1C(=O)C1CCCN(C(=O)C=CC2CCNCC2)C1. The summed E-state index contributed by atoms with van der Waals surface area (Å²) < 4.78 is 0. The first kappa shape index (κ1) is 20.1. The van der Waals surface area contributed by atoms with Gasteiger partial charge in [0.15, 0.2) is 5.78 Å². The molecule has 0 bridgehead atoms. The fraction of sp³-hybridized carbons (Fsp3) is 0.476. The molecule has 2 fully saturated rings. The summed E-state index contributed by atoms with van der Waals surface area (Å²) in [7, 11) is 0. The van der Waals surface area contributed by atoms with E-state index in [-0.39, 0.29) is 34.4 Å². The Bertz CT molecular complexity index is 784. The molecule has 2 aliphatic rings. The number of hydrogen-bond donors (Lipinski definition) is 3. The minimum absolute atomic E-state index is 0.00532. The third kappa shape index (κ3) is 4.59. The van der Waals surface area contributed by atoms with Crippen LogP contribution in [0.15, 0.2) is 30.4 Å². The van der Waals surface area contributed by atoms with Gasteiger partial charge in [0, 0.05) is 24.6 Å². The van der Waals surface area contributed by atoms with E-state index in [2.05, 4.69) is 5.32 Å². The summed E-state index contributed by atoms with van der Waals surface area (Å²) in [6, 6.07) is 4.47. The molecule has 0 spiro atoms. The number of carbonyl (C=O) groups excluding carboxylic acids is 2. The Labute approximate surface area is 164 Å². The van der Waals surface area contributed by atoms with Crippen molar-refractivity contribution in [2.24, 2.45) is 11.8 Å². The lowest BCUT2D eigenvalue weighted by Crippen LogP contribution is -2.41. The van der Waals surface area contributed by atoms with Crippen molar-refractivity contribution in [3.05, 3.63) is 41.5 Å². The lowest BCUT2D eigenvalue weighted by molar-refractivity contribution is -0.127. The summed E-state index contributed by atoms with van der Waals surface area (Å²) >= 11 is 0. The number of carboxylic acids is 1. The van der Waals surface area contributed by atoms with Crippen molar-refractivity contribution in [3.8, 4) is 0 Å². The van der Waals surface area contributed by atoms with Gasteiger partial charge in [-0.05, 0) is 62.9 Å². The van der Waals surface area contributed by atoms with Crippen LogP contribution in [0.1, 0.15) is 46.4 Å². The molecule has 0 aliphatic carbocycles. The molecule has 0 aromatic heterocycles. The fourth-order valence-electron chi connectivity index (χ4n) is 3.94. The molecule has 1 unspecified atom stereocenters. The summed E-state index contributed by atoms with van der Waals surface area (Å²) in [5.74, 6) is -1.36. The second kappa shape index (κ2) is 9.01. The fourth-order valence-corrected chi connectivity index (χ4v) is 3.94. The second-order valence-electron chi connectivity index (χ2n) is 7.51. The Balaban J connectivity index is 1.66. The average Bonchev–Trinajstić information content (AvgIpc) is 2.72. The Morgan fingerprint density at radius 3 is 2.57 bits per heavy atom. The number of amides is 1. The molecular weight excluding hydrogens is 358 g/mol. The maximum atomic E-state index is 12.9. The third-order valence-electron chi connectivity index (χ3n) is 5.60. The van der Waals surface area contributed by atoms with Gasteiger partial charge in [-0.1, -0.05) is 12.1 Å². The van der Waals surface area contributed by atoms with Crippen molar-refractivity contribution in [3.63, 3.8) is 0 Å². The number of allylic oxidation sites excluding steroid dienone is 1. The number of carboxylic acid groups (broad SMARTS) is 1. The highest BCUT2D eigenvalue weighted by Gasteiger charge is 2.30. The van der Waals surface area contributed by atoms with E-state index in [1.54, 1.807) is 17.0 Å². The molecule has 2 saturated heterocycles. The van der Waals surface area contributed by atoms with E-state index in [0.29, 0.717) is 25.4 Å². The van der Waals surface area contributed by atoms with E-state index in [4.69, 9.17) is 5.73 Å². The highest BCUT2D eigenvalue weighted by atomic mass is 16.4. The number of piperidine rings is 2. The zero-order valence-electron chi connectivity index (χ0n) is 15.9. The van der Waals surface area contributed by atoms with Gasteiger partial charge in [-0.3, -0.25) is 9.59 Å². The van der Waals surface area contributed by atoms with Crippen LogP contribution in [-0.2, 0) is 4.79 Å². The van der Waals surface area contributed by atoms with E-state index in [0.717, 1.165) is 32.4 Å². The number of ketones is 1. The molecule has 7 heteroatoms. The maximum absolute atomic E-state index is 12.9. The Hall–Kier alpha value is -2.67. The van der Waals surface area contributed by atoms with E-state index in [1.165, 1.54) is 12.1 Å². The molecule has 2 aliphatic heterocycles. The van der Waals surface area contributed by atoms with Gasteiger partial charge in [0.1, 0.15) is 0 Å². The Morgan fingerprint density at radius 2 is 1.86 bits per heavy atom. The predicted molar refractivity (Wildman–Crippen MR) is 106 cm³/mol. The third-order valence-corrected chi connectivity index (χ3v) is 5.60. The minimum Gasteiger partial charge on any atom is -0.478 e. The maximum Gasteiger partial charge on any atom is 0.337 e.